The lowest BCUT2D eigenvalue weighted by molar-refractivity contribution is -0.137. The largest absolute Gasteiger partial charge is 0.481 e. The predicted octanol–water partition coefficient (Wildman–Crippen LogP) is 6.95. The number of hydrogen-bond donors (Lipinski definition) is 1. The van der Waals surface area contributed by atoms with E-state index in [4.69, 9.17) is 9.94 Å². The van der Waals surface area contributed by atoms with Crippen LogP contribution in [0, 0.1) is 11.7 Å². The third-order valence-corrected chi connectivity index (χ3v) is 7.04. The molecule has 0 aliphatic heterocycles. The van der Waals surface area contributed by atoms with Gasteiger partial charge in [0.25, 0.3) is 5.56 Å². The van der Waals surface area contributed by atoms with E-state index in [-0.39, 0.29) is 25.4 Å². The van der Waals surface area contributed by atoms with Gasteiger partial charge in [-0.1, -0.05) is 30.4 Å². The standard InChI is InChI=1S/C33H36F4N4O4/c1-38-45-23-29(39-21-6-8-24-7-4-10-26(15-14-24)33(35,36)37)25-9-5-12-31(42)41(28-18-16-27(34)17-19-28)30(40-22-20-25)11-2-3-13-32(43)44/h5,9-10,12,14-20,22,24H,1-4,6-8,11,13,21,23H2,(H,43,44). The third-order valence-electron chi connectivity index (χ3n) is 7.04. The molecule has 1 unspecified atom stereocenters. The first-order chi connectivity index (χ1) is 21.6. The molecule has 0 radical (unpaired) electrons. The molecular formula is C33H36F4N4O4. The Bertz CT molecular complexity index is 1510. The molecule has 0 saturated carbocycles. The number of allylic oxidation sites excluding steroid dienone is 4. The van der Waals surface area contributed by atoms with E-state index in [0.29, 0.717) is 67.9 Å². The number of alkyl halides is 3. The highest BCUT2D eigenvalue weighted by Gasteiger charge is 2.32. The average Bonchev–Trinajstić information content (AvgIpc) is 3.25. The van der Waals surface area contributed by atoms with Gasteiger partial charge in [-0.3, -0.25) is 19.1 Å². The van der Waals surface area contributed by atoms with Gasteiger partial charge >= 0.3 is 12.1 Å². The molecule has 0 bridgehead atoms. The fraction of sp³-hybridized carbons (Fsp3) is 0.364. The third kappa shape index (κ3) is 11.8. The summed E-state index contributed by atoms with van der Waals surface area (Å²) in [6.45, 7) is 3.70. The average molecular weight is 629 g/mol. The fourth-order valence-corrected chi connectivity index (χ4v) is 4.75. The van der Waals surface area contributed by atoms with Crippen molar-refractivity contribution in [3.63, 3.8) is 0 Å². The fourth-order valence-electron chi connectivity index (χ4n) is 4.75. The lowest BCUT2D eigenvalue weighted by Crippen LogP contribution is -2.20. The highest BCUT2D eigenvalue weighted by atomic mass is 19.4. The molecule has 45 heavy (non-hydrogen) atoms. The molecule has 0 fully saturated rings. The summed E-state index contributed by atoms with van der Waals surface area (Å²) in [6.07, 6.45) is 4.47. The van der Waals surface area contributed by atoms with Crippen LogP contribution >= 0.6 is 0 Å². The Kier molecular flexibility index (Phi) is 13.7. The van der Waals surface area contributed by atoms with Crippen molar-refractivity contribution in [2.24, 2.45) is 16.1 Å². The van der Waals surface area contributed by atoms with Crippen LogP contribution in [-0.4, -0.2) is 52.4 Å². The summed E-state index contributed by atoms with van der Waals surface area (Å²) in [7, 11) is 0. The zero-order chi connectivity index (χ0) is 32.7. The molecule has 1 aliphatic carbocycles. The maximum atomic E-state index is 13.6. The van der Waals surface area contributed by atoms with Crippen molar-refractivity contribution in [2.45, 2.75) is 57.5 Å². The number of carboxylic acid groups (broad SMARTS) is 1. The minimum Gasteiger partial charge on any atom is -0.481 e. The lowest BCUT2D eigenvalue weighted by Gasteiger charge is -2.11. The summed E-state index contributed by atoms with van der Waals surface area (Å²) in [4.78, 5) is 38.7. The number of carboxylic acids is 1. The molecule has 0 amide bonds. The maximum Gasteiger partial charge on any atom is 0.416 e. The Morgan fingerprint density at radius 3 is 2.60 bits per heavy atom. The number of carbonyl (C=O) groups is 1. The first-order valence-corrected chi connectivity index (χ1v) is 14.6. The number of oxime groups is 1. The molecule has 240 valence electrons. The minimum atomic E-state index is -4.36. The van der Waals surface area contributed by atoms with Crippen molar-refractivity contribution in [3.8, 4) is 5.69 Å². The van der Waals surface area contributed by atoms with Gasteiger partial charge in [0.05, 0.1) is 17.0 Å². The number of aliphatic imine (C=N–C) groups is 1. The van der Waals surface area contributed by atoms with Crippen molar-refractivity contribution >= 4 is 18.4 Å². The van der Waals surface area contributed by atoms with E-state index in [2.05, 4.69) is 21.8 Å². The smallest absolute Gasteiger partial charge is 0.416 e. The molecule has 1 aromatic heterocycles. The van der Waals surface area contributed by atoms with Crippen LogP contribution in [-0.2, 0) is 16.1 Å². The topological polar surface area (TPSA) is 106 Å². The van der Waals surface area contributed by atoms with Crippen LogP contribution in [0.15, 0.2) is 93.5 Å². The Hall–Kier alpha value is -4.61. The van der Waals surface area contributed by atoms with Gasteiger partial charge in [0.15, 0.2) is 6.61 Å². The van der Waals surface area contributed by atoms with Gasteiger partial charge in [0, 0.05) is 43.9 Å². The molecule has 1 aliphatic rings. The van der Waals surface area contributed by atoms with Crippen molar-refractivity contribution in [3.05, 3.63) is 106 Å². The quantitative estimate of drug-likeness (QED) is 0.106. The second kappa shape index (κ2) is 17.6. The normalized spacial score (nSPS) is 15.1. The predicted molar refractivity (Wildman–Crippen MR) is 165 cm³/mol. The van der Waals surface area contributed by atoms with Gasteiger partial charge in [-0.15, -0.1) is 5.16 Å². The summed E-state index contributed by atoms with van der Waals surface area (Å²) in [6, 6.07) is 11.6. The molecule has 12 heteroatoms. The molecule has 0 spiro atoms. The van der Waals surface area contributed by atoms with Gasteiger partial charge in [-0.2, -0.15) is 13.2 Å². The highest BCUT2D eigenvalue weighted by molar-refractivity contribution is 6.01. The zero-order valence-electron chi connectivity index (χ0n) is 24.8. The Morgan fingerprint density at radius 2 is 1.89 bits per heavy atom. The molecule has 1 atom stereocenters. The minimum absolute atomic E-state index is 0.000126. The molecule has 1 N–H and O–H groups in total. The number of rotatable bonds is 14. The van der Waals surface area contributed by atoms with Crippen LogP contribution in [0.5, 0.6) is 0 Å². The molecule has 1 heterocycles. The summed E-state index contributed by atoms with van der Waals surface area (Å²) < 4.78 is 54.1. The number of aromatic nitrogens is 2. The van der Waals surface area contributed by atoms with Crippen LogP contribution < -0.4 is 5.56 Å². The summed E-state index contributed by atoms with van der Waals surface area (Å²) in [5.74, 6) is -1.04. The monoisotopic (exact) mass is 628 g/mol. The Morgan fingerprint density at radius 1 is 1.11 bits per heavy atom. The molecule has 8 nitrogen and oxygen atoms in total. The van der Waals surface area contributed by atoms with Gasteiger partial charge in [0.1, 0.15) is 11.6 Å². The molecule has 1 aromatic carbocycles. The molecular weight excluding hydrogens is 592 g/mol. The van der Waals surface area contributed by atoms with Crippen LogP contribution in [0.4, 0.5) is 17.6 Å². The molecule has 0 saturated heterocycles. The summed E-state index contributed by atoms with van der Waals surface area (Å²) >= 11 is 0. The van der Waals surface area contributed by atoms with Crippen molar-refractivity contribution in [1.29, 1.82) is 0 Å². The van der Waals surface area contributed by atoms with Crippen LogP contribution in [0.25, 0.3) is 5.69 Å². The number of aryl methyl sites for hydroxylation is 1. The van der Waals surface area contributed by atoms with Crippen molar-refractivity contribution in [1.82, 2.24) is 9.55 Å². The van der Waals surface area contributed by atoms with E-state index in [9.17, 15) is 27.2 Å². The number of halogens is 4. The number of unbranched alkanes of at least 4 members (excludes halogenated alkanes) is 1. The summed E-state index contributed by atoms with van der Waals surface area (Å²) in [5.41, 5.74) is 0.435. The van der Waals surface area contributed by atoms with Crippen LogP contribution in [0.1, 0.15) is 56.3 Å². The number of hydrogen-bond acceptors (Lipinski definition) is 6. The second-order valence-electron chi connectivity index (χ2n) is 10.3. The molecule has 2 aromatic rings. The van der Waals surface area contributed by atoms with E-state index < -0.39 is 29.1 Å². The highest BCUT2D eigenvalue weighted by Crippen LogP contribution is 2.31. The van der Waals surface area contributed by atoms with E-state index >= 15 is 0 Å². The van der Waals surface area contributed by atoms with Crippen molar-refractivity contribution < 1.29 is 32.3 Å². The molecule has 3 rings (SSSR count). The summed E-state index contributed by atoms with van der Waals surface area (Å²) in [5, 5.41) is 12.5. The zero-order valence-corrected chi connectivity index (χ0v) is 24.8. The van der Waals surface area contributed by atoms with Crippen LogP contribution in [0.3, 0.4) is 0 Å². The number of aliphatic carboxylic acids is 1. The van der Waals surface area contributed by atoms with Gasteiger partial charge in [0.2, 0.25) is 0 Å². The van der Waals surface area contributed by atoms with E-state index in [1.807, 2.05) is 0 Å². The first-order valence-electron chi connectivity index (χ1n) is 14.6. The van der Waals surface area contributed by atoms with Gasteiger partial charge in [-0.05, 0) is 74.8 Å². The lowest BCUT2D eigenvalue weighted by atomic mass is 9.98. The maximum absolute atomic E-state index is 13.6. The van der Waals surface area contributed by atoms with E-state index in [1.54, 1.807) is 24.3 Å². The Labute approximate surface area is 258 Å². The van der Waals surface area contributed by atoms with Crippen LogP contribution in [0.2, 0.25) is 0 Å². The van der Waals surface area contributed by atoms with E-state index in [0.717, 1.165) is 6.08 Å². The van der Waals surface area contributed by atoms with Crippen molar-refractivity contribution in [2.75, 3.05) is 13.2 Å². The number of nitrogens with zero attached hydrogens (tertiary/aromatic N) is 4. The Balaban J connectivity index is 1.88. The first kappa shape index (κ1) is 34.9. The van der Waals surface area contributed by atoms with Gasteiger partial charge < -0.3 is 9.94 Å². The second-order valence-corrected chi connectivity index (χ2v) is 10.3. The van der Waals surface area contributed by atoms with E-state index in [1.165, 1.54) is 47.2 Å². The van der Waals surface area contributed by atoms with Gasteiger partial charge in [-0.25, -0.2) is 9.37 Å². The number of benzene rings is 1. The SMILES string of the molecule is C=NOCC(=NCCCC1C=CC(C(F)(F)F)=CCC1)c1cccc(=O)n(-c2ccc(F)cc2)c(CCCCC(=O)O)ncc1.